The second kappa shape index (κ2) is 27.8. The molecular weight excluding hydrogens is 1110 g/mol. The fourth-order valence-electron chi connectivity index (χ4n) is 10.4. The van der Waals surface area contributed by atoms with Gasteiger partial charge in [0.25, 0.3) is 0 Å². The number of hydrogen-bond donors (Lipinski definition) is 0. The number of benzene rings is 4. The van der Waals surface area contributed by atoms with Crippen LogP contribution in [0.3, 0.4) is 0 Å². The lowest BCUT2D eigenvalue weighted by Gasteiger charge is -2.24. The standard InChI is InChI=1S/C26H42NSi.C18H26NSi.2C17H24NSi/c1-19-14-22(28(9,10)11)12-13-23(19)24-15-20(16-25(2,3)4)21(18-27(24)8)17-26(5,6)7;1-13-11-18(19(4)12-15(13)3)17-9-8-16(10-14(17)2)20(5,6)7;1-13-7-10-17(18(3)12-13)16-9-8-15(11-14(16)2)19(4,5)6;1-13-9-10-18(3)17(11-13)16-8-7-15(12-14(16)2)19(4,5)6/h12-15,18H,16-17H2,1-11H3;8-12H,1-7H3;2*7-12H,1-6H3/q4*+1/i16D2,17D2;3D3;1D3;. The molecule has 4 aromatic carbocycles. The van der Waals surface area contributed by atoms with E-state index >= 15 is 0 Å². The molecule has 0 spiro atoms. The summed E-state index contributed by atoms with van der Waals surface area (Å²) in [5.74, 6) is 0. The third kappa shape index (κ3) is 19.7. The van der Waals surface area contributed by atoms with E-state index in [4.69, 9.17) is 13.7 Å². The predicted molar refractivity (Wildman–Crippen MR) is 388 cm³/mol. The lowest BCUT2D eigenvalue weighted by Crippen LogP contribution is -2.38. The Morgan fingerprint density at radius 3 is 1.06 bits per heavy atom. The lowest BCUT2D eigenvalue weighted by molar-refractivity contribution is -0.661. The molecule has 0 aliphatic rings. The Bertz CT molecular complexity index is 4050. The monoisotopic (exact) mass is 1230 g/mol. The van der Waals surface area contributed by atoms with Gasteiger partial charge in [-0.3, -0.25) is 0 Å². The molecule has 0 atom stereocenters. The highest BCUT2D eigenvalue weighted by molar-refractivity contribution is 6.90. The summed E-state index contributed by atoms with van der Waals surface area (Å²) in [5.41, 5.74) is 16.4. The molecular formula is C78H116N4Si4+4. The normalized spacial score (nSPS) is 14.5. The van der Waals surface area contributed by atoms with E-state index in [0.717, 1.165) is 44.9 Å². The van der Waals surface area contributed by atoms with Gasteiger partial charge in [0.05, 0.1) is 32.3 Å². The van der Waals surface area contributed by atoms with E-state index in [2.05, 4.69) is 216 Å². The predicted octanol–water partition coefficient (Wildman–Crippen LogP) is 16.5. The minimum absolute atomic E-state index is 0.370. The zero-order chi connectivity index (χ0) is 73.6. The molecule has 8 rings (SSSR count). The van der Waals surface area contributed by atoms with E-state index in [9.17, 15) is 0 Å². The molecule has 460 valence electrons. The Morgan fingerprint density at radius 2 is 0.698 bits per heavy atom. The molecule has 0 bridgehead atoms. The fourth-order valence-corrected chi connectivity index (χ4v) is 15.4. The van der Waals surface area contributed by atoms with Crippen LogP contribution in [-0.2, 0) is 40.9 Å². The van der Waals surface area contributed by atoms with Crippen molar-refractivity contribution in [3.63, 3.8) is 0 Å². The first-order valence-corrected chi connectivity index (χ1v) is 44.8. The average molecular weight is 1230 g/mol. The van der Waals surface area contributed by atoms with Crippen LogP contribution in [0.15, 0.2) is 134 Å². The number of aryl methyl sites for hydroxylation is 12. The van der Waals surface area contributed by atoms with Gasteiger partial charge >= 0.3 is 0 Å². The summed E-state index contributed by atoms with van der Waals surface area (Å²) in [7, 11) is 2.55. The van der Waals surface area contributed by atoms with Gasteiger partial charge in [-0.05, 0) is 148 Å². The number of aromatic nitrogens is 4. The summed E-state index contributed by atoms with van der Waals surface area (Å²) in [5, 5.41) is 5.81. The third-order valence-electron chi connectivity index (χ3n) is 15.7. The van der Waals surface area contributed by atoms with Crippen molar-refractivity contribution in [1.82, 2.24) is 0 Å². The number of hydrogen-bond acceptors (Lipinski definition) is 0. The zero-order valence-corrected chi connectivity index (χ0v) is 62.5. The van der Waals surface area contributed by atoms with E-state index in [-0.39, 0.29) is 0 Å². The molecule has 8 aromatic rings. The average Bonchev–Trinajstić information content (AvgIpc) is 0.727. The molecule has 8 heteroatoms. The first kappa shape index (κ1) is 56.8. The van der Waals surface area contributed by atoms with E-state index < -0.39 is 69.6 Å². The van der Waals surface area contributed by atoms with Crippen molar-refractivity contribution in [3.8, 4) is 45.0 Å². The maximum absolute atomic E-state index is 9.04. The Hall–Kier alpha value is -5.65. The molecule has 0 aliphatic carbocycles. The number of pyridine rings is 4. The van der Waals surface area contributed by atoms with Gasteiger partial charge in [0.1, 0.15) is 28.2 Å². The molecule has 0 saturated carbocycles. The summed E-state index contributed by atoms with van der Waals surface area (Å²) < 4.78 is 89.4. The highest BCUT2D eigenvalue weighted by atomic mass is 28.3. The smallest absolute Gasteiger partial charge is 0.201 e. The zero-order valence-electron chi connectivity index (χ0n) is 68.5. The minimum Gasteiger partial charge on any atom is -0.201 e. The molecule has 0 radical (unpaired) electrons. The van der Waals surface area contributed by atoms with Crippen molar-refractivity contribution in [3.05, 3.63) is 190 Å². The van der Waals surface area contributed by atoms with E-state index in [1.54, 1.807) is 18.5 Å². The maximum atomic E-state index is 9.04. The summed E-state index contributed by atoms with van der Waals surface area (Å²) in [4.78, 5) is 0. The molecule has 4 heterocycles. The van der Waals surface area contributed by atoms with E-state index in [0.29, 0.717) is 22.3 Å². The van der Waals surface area contributed by atoms with Crippen LogP contribution in [0.5, 0.6) is 0 Å². The first-order valence-electron chi connectivity index (χ1n) is 35.8. The summed E-state index contributed by atoms with van der Waals surface area (Å²) in [6.07, 6.45) is 3.98. The molecule has 4 aromatic heterocycles. The van der Waals surface area contributed by atoms with Gasteiger partial charge in [0.15, 0.2) is 24.8 Å². The van der Waals surface area contributed by atoms with E-state index in [1.807, 2.05) is 108 Å². The van der Waals surface area contributed by atoms with Crippen molar-refractivity contribution >= 4 is 53.0 Å². The van der Waals surface area contributed by atoms with Crippen LogP contribution in [-0.4, -0.2) is 32.3 Å². The van der Waals surface area contributed by atoms with Crippen molar-refractivity contribution in [1.29, 1.82) is 0 Å². The molecule has 0 N–H and O–H groups in total. The fraction of sp³-hybridized carbons (Fsp3) is 0.436. The lowest BCUT2D eigenvalue weighted by atomic mass is 9.81. The van der Waals surface area contributed by atoms with Crippen molar-refractivity contribution in [2.75, 3.05) is 0 Å². The van der Waals surface area contributed by atoms with Crippen LogP contribution >= 0.6 is 0 Å². The van der Waals surface area contributed by atoms with Crippen molar-refractivity contribution in [2.24, 2.45) is 39.0 Å². The highest BCUT2D eigenvalue weighted by Gasteiger charge is 2.27. The van der Waals surface area contributed by atoms with E-state index in [1.165, 1.54) is 54.3 Å². The van der Waals surface area contributed by atoms with Crippen LogP contribution in [0.4, 0.5) is 0 Å². The Kier molecular flexibility index (Phi) is 18.4. The molecule has 0 saturated heterocycles. The van der Waals surface area contributed by atoms with Gasteiger partial charge in [0.2, 0.25) is 22.8 Å². The van der Waals surface area contributed by atoms with Gasteiger partial charge < -0.3 is 0 Å². The molecule has 0 amide bonds. The molecule has 0 fully saturated rings. The molecule has 86 heavy (non-hydrogen) atoms. The summed E-state index contributed by atoms with van der Waals surface area (Å²) >= 11 is 0. The van der Waals surface area contributed by atoms with Gasteiger partial charge in [-0.1, -0.05) is 189 Å². The van der Waals surface area contributed by atoms with Crippen molar-refractivity contribution < 1.29 is 32.0 Å². The molecule has 0 aliphatic heterocycles. The Morgan fingerprint density at radius 1 is 0.337 bits per heavy atom. The minimum atomic E-state index is -2.07. The molecule has 4 nitrogen and oxygen atoms in total. The van der Waals surface area contributed by atoms with Crippen LogP contribution < -0.4 is 39.0 Å². The largest absolute Gasteiger partial charge is 0.212 e. The summed E-state index contributed by atoms with van der Waals surface area (Å²) in [6, 6.07) is 38.8. The Labute approximate surface area is 544 Å². The number of nitrogens with zero attached hydrogens (tertiary/aromatic N) is 4. The SMILES string of the molecule is Cc1cc[n+](C)c(-c2ccc([Si](C)(C)C)cc2C)c1.[2H]C([2H])([2H])c1c[n+](C)c(-c2ccc([Si](C)(C)C)cc2C)cc1C.[2H]C([2H])([2H])c1ccc(-c2ccc([Si](C)(C)C)cc2C)[n+](C)c1.[2H]C([2H])(c1cc(-c2ccc([Si](C)(C)C)cc2C)[n+](C)cc1C([2H])([2H])C(C)(C)C)C(C)(C)C. The van der Waals surface area contributed by atoms with Crippen LogP contribution in [0, 0.1) is 66.1 Å². The second-order valence-corrected chi connectivity index (χ2v) is 50.8. The maximum Gasteiger partial charge on any atom is 0.212 e. The van der Waals surface area contributed by atoms with Crippen LogP contribution in [0.2, 0.25) is 78.6 Å². The second-order valence-electron chi connectivity index (χ2n) is 30.4. The van der Waals surface area contributed by atoms with Crippen molar-refractivity contribution in [2.45, 2.75) is 188 Å². The van der Waals surface area contributed by atoms with Gasteiger partial charge in [-0.25, -0.2) is 18.3 Å². The quantitative estimate of drug-likeness (QED) is 0.0958. The van der Waals surface area contributed by atoms with Crippen LogP contribution in [0.25, 0.3) is 45.0 Å². The van der Waals surface area contributed by atoms with Gasteiger partial charge in [0, 0.05) is 83.0 Å². The molecule has 0 unspecified atom stereocenters. The van der Waals surface area contributed by atoms with Crippen LogP contribution in [0.1, 0.15) is 111 Å². The first-order chi connectivity index (χ1) is 43.3. The summed E-state index contributed by atoms with van der Waals surface area (Å²) in [6.45, 7) is 48.0. The van der Waals surface area contributed by atoms with Gasteiger partial charge in [-0.2, -0.15) is 0 Å². The highest BCUT2D eigenvalue weighted by Crippen LogP contribution is 2.31. The topological polar surface area (TPSA) is 15.5 Å². The van der Waals surface area contributed by atoms with Gasteiger partial charge in [-0.15, -0.1) is 0 Å². The number of rotatable bonds is 10. The third-order valence-corrected chi connectivity index (χ3v) is 23.9. The Balaban J connectivity index is 0.000000236.